The Bertz CT molecular complexity index is 121. The minimum Gasteiger partial charge on any atom is -0.395 e. The number of hydrogen-bond donors (Lipinski definition) is 2. The Balaban J connectivity index is 3.37. The van der Waals surface area contributed by atoms with Crippen molar-refractivity contribution in [1.29, 1.82) is 0 Å². The molecular weight excluding hydrogens is 198 g/mol. The summed E-state index contributed by atoms with van der Waals surface area (Å²) in [6.45, 7) is 6.87. The number of aliphatic hydroxyl groups is 1. The van der Waals surface area contributed by atoms with E-state index in [9.17, 15) is 0 Å². The molecule has 0 bridgehead atoms. The van der Waals surface area contributed by atoms with Crippen LogP contribution in [0.5, 0.6) is 0 Å². The lowest BCUT2D eigenvalue weighted by Gasteiger charge is -2.21. The topological polar surface area (TPSA) is 41.5 Å². The normalized spacial score (nSPS) is 15.4. The summed E-state index contributed by atoms with van der Waals surface area (Å²) >= 11 is 1.69. The Morgan fingerprint density at radius 1 is 1.43 bits per heavy atom. The van der Waals surface area contributed by atoms with Crippen LogP contribution in [0, 0.1) is 0 Å². The van der Waals surface area contributed by atoms with Crippen molar-refractivity contribution in [2.45, 2.75) is 31.6 Å². The number of ether oxygens (including phenoxy) is 1. The molecule has 4 heteroatoms. The van der Waals surface area contributed by atoms with Crippen LogP contribution < -0.4 is 5.32 Å². The first-order chi connectivity index (χ1) is 6.76. The molecule has 0 saturated carbocycles. The third-order valence-electron chi connectivity index (χ3n) is 2.10. The first-order valence-electron chi connectivity index (χ1n) is 5.21. The van der Waals surface area contributed by atoms with Crippen LogP contribution in [0.15, 0.2) is 0 Å². The molecule has 0 aromatic rings. The minimum atomic E-state index is 0.227. The van der Waals surface area contributed by atoms with Crippen LogP contribution in [0.4, 0.5) is 0 Å². The molecule has 0 aliphatic rings. The van der Waals surface area contributed by atoms with Gasteiger partial charge >= 0.3 is 0 Å². The van der Waals surface area contributed by atoms with E-state index in [-0.39, 0.29) is 11.9 Å². The molecule has 14 heavy (non-hydrogen) atoms. The van der Waals surface area contributed by atoms with Gasteiger partial charge in [-0.2, -0.15) is 11.8 Å². The van der Waals surface area contributed by atoms with E-state index in [1.54, 1.807) is 11.8 Å². The lowest BCUT2D eigenvalue weighted by molar-refractivity contribution is 0.134. The lowest BCUT2D eigenvalue weighted by atomic mass is 10.2. The van der Waals surface area contributed by atoms with Crippen molar-refractivity contribution in [3.05, 3.63) is 0 Å². The molecule has 0 spiro atoms. The van der Waals surface area contributed by atoms with Gasteiger partial charge in [0.2, 0.25) is 0 Å². The maximum absolute atomic E-state index is 9.05. The molecule has 86 valence electrons. The summed E-state index contributed by atoms with van der Waals surface area (Å²) in [5.74, 6) is 0. The van der Waals surface area contributed by atoms with Crippen LogP contribution in [0.3, 0.4) is 0 Å². The van der Waals surface area contributed by atoms with Crippen molar-refractivity contribution in [1.82, 2.24) is 5.32 Å². The van der Waals surface area contributed by atoms with Crippen molar-refractivity contribution in [3.63, 3.8) is 0 Å². The van der Waals surface area contributed by atoms with Gasteiger partial charge in [0, 0.05) is 24.4 Å². The van der Waals surface area contributed by atoms with E-state index in [1.807, 2.05) is 6.26 Å². The second-order valence-electron chi connectivity index (χ2n) is 3.31. The smallest absolute Gasteiger partial charge is 0.0591 e. The third kappa shape index (κ3) is 6.65. The van der Waals surface area contributed by atoms with E-state index < -0.39 is 0 Å². The van der Waals surface area contributed by atoms with Gasteiger partial charge in [0.25, 0.3) is 0 Å². The standard InChI is InChI=1S/C10H23NO2S/c1-4-6-13-7-5-11-9(2)10(8-12)14-3/h9-12H,4-8H2,1-3H3. The average Bonchev–Trinajstić information content (AvgIpc) is 2.19. The molecule has 2 N–H and O–H groups in total. The summed E-state index contributed by atoms with van der Waals surface area (Å²) in [5, 5.41) is 12.7. The molecule has 0 aromatic heterocycles. The zero-order valence-corrected chi connectivity index (χ0v) is 10.3. The number of aliphatic hydroxyl groups excluding tert-OH is 1. The first kappa shape index (κ1) is 14.2. The van der Waals surface area contributed by atoms with Gasteiger partial charge < -0.3 is 15.2 Å². The molecular formula is C10H23NO2S. The molecule has 0 aliphatic carbocycles. The van der Waals surface area contributed by atoms with Crippen LogP contribution in [0.2, 0.25) is 0 Å². The summed E-state index contributed by atoms with van der Waals surface area (Å²) in [4.78, 5) is 0. The molecule has 2 unspecified atom stereocenters. The Morgan fingerprint density at radius 3 is 2.64 bits per heavy atom. The zero-order chi connectivity index (χ0) is 10.8. The second kappa shape index (κ2) is 9.77. The summed E-state index contributed by atoms with van der Waals surface area (Å²) in [6.07, 6.45) is 3.09. The minimum absolute atomic E-state index is 0.227. The first-order valence-corrected chi connectivity index (χ1v) is 6.49. The molecule has 0 amide bonds. The van der Waals surface area contributed by atoms with Gasteiger partial charge in [-0.05, 0) is 19.6 Å². The van der Waals surface area contributed by atoms with E-state index in [2.05, 4.69) is 19.2 Å². The molecule has 0 saturated heterocycles. The van der Waals surface area contributed by atoms with Gasteiger partial charge in [0.05, 0.1) is 13.2 Å². The molecule has 0 radical (unpaired) electrons. The monoisotopic (exact) mass is 221 g/mol. The quantitative estimate of drug-likeness (QED) is 0.572. The highest BCUT2D eigenvalue weighted by molar-refractivity contribution is 7.99. The van der Waals surface area contributed by atoms with Gasteiger partial charge in [-0.15, -0.1) is 0 Å². The Kier molecular flexibility index (Phi) is 9.93. The molecule has 3 nitrogen and oxygen atoms in total. The molecule has 0 rings (SSSR count). The van der Waals surface area contributed by atoms with Crippen LogP contribution in [-0.4, -0.2) is 49.0 Å². The fourth-order valence-electron chi connectivity index (χ4n) is 1.17. The maximum Gasteiger partial charge on any atom is 0.0591 e. The summed E-state index contributed by atoms with van der Waals surface area (Å²) in [7, 11) is 0. The molecule has 0 fully saturated rings. The summed E-state index contributed by atoms with van der Waals surface area (Å²) in [5.41, 5.74) is 0. The summed E-state index contributed by atoms with van der Waals surface area (Å²) in [6, 6.07) is 0.334. The zero-order valence-electron chi connectivity index (χ0n) is 9.45. The van der Waals surface area contributed by atoms with Crippen LogP contribution in [-0.2, 0) is 4.74 Å². The van der Waals surface area contributed by atoms with E-state index in [1.165, 1.54) is 0 Å². The molecule has 0 aromatic carbocycles. The van der Waals surface area contributed by atoms with Gasteiger partial charge in [-0.3, -0.25) is 0 Å². The van der Waals surface area contributed by atoms with Crippen molar-refractivity contribution >= 4 is 11.8 Å². The molecule has 0 aliphatic heterocycles. The lowest BCUT2D eigenvalue weighted by Crippen LogP contribution is -2.39. The molecule has 2 atom stereocenters. The number of hydrogen-bond acceptors (Lipinski definition) is 4. The van der Waals surface area contributed by atoms with Crippen molar-refractivity contribution in [3.8, 4) is 0 Å². The van der Waals surface area contributed by atoms with E-state index >= 15 is 0 Å². The third-order valence-corrected chi connectivity index (χ3v) is 3.26. The Morgan fingerprint density at radius 2 is 2.14 bits per heavy atom. The number of thioether (sulfide) groups is 1. The number of rotatable bonds is 9. The van der Waals surface area contributed by atoms with Crippen molar-refractivity contribution in [2.75, 3.05) is 32.6 Å². The van der Waals surface area contributed by atoms with Crippen molar-refractivity contribution < 1.29 is 9.84 Å². The maximum atomic E-state index is 9.05. The van der Waals surface area contributed by atoms with Gasteiger partial charge in [-0.25, -0.2) is 0 Å². The largest absolute Gasteiger partial charge is 0.395 e. The predicted octanol–water partition coefficient (Wildman–Crippen LogP) is 1.11. The van der Waals surface area contributed by atoms with Gasteiger partial charge in [-0.1, -0.05) is 6.92 Å². The SMILES string of the molecule is CCCOCCNC(C)C(CO)SC. The van der Waals surface area contributed by atoms with E-state index in [0.717, 1.165) is 26.2 Å². The van der Waals surface area contributed by atoms with Gasteiger partial charge in [0.1, 0.15) is 0 Å². The fourth-order valence-corrected chi connectivity index (χ4v) is 1.83. The average molecular weight is 221 g/mol. The Hall–Kier alpha value is 0.230. The van der Waals surface area contributed by atoms with Crippen molar-refractivity contribution in [2.24, 2.45) is 0 Å². The second-order valence-corrected chi connectivity index (χ2v) is 4.39. The highest BCUT2D eigenvalue weighted by Gasteiger charge is 2.13. The van der Waals surface area contributed by atoms with Crippen LogP contribution in [0.25, 0.3) is 0 Å². The fraction of sp³-hybridized carbons (Fsp3) is 1.00. The number of nitrogens with one attached hydrogen (secondary N) is 1. The summed E-state index contributed by atoms with van der Waals surface area (Å²) < 4.78 is 5.35. The predicted molar refractivity (Wildman–Crippen MR) is 63.0 cm³/mol. The van der Waals surface area contributed by atoms with E-state index in [4.69, 9.17) is 9.84 Å². The molecule has 0 heterocycles. The highest BCUT2D eigenvalue weighted by atomic mass is 32.2. The highest BCUT2D eigenvalue weighted by Crippen LogP contribution is 2.09. The Labute approximate surface area is 91.6 Å². The van der Waals surface area contributed by atoms with E-state index in [0.29, 0.717) is 6.04 Å². The van der Waals surface area contributed by atoms with Crippen LogP contribution >= 0.6 is 11.8 Å². The van der Waals surface area contributed by atoms with Crippen LogP contribution in [0.1, 0.15) is 20.3 Å². The van der Waals surface area contributed by atoms with Gasteiger partial charge in [0.15, 0.2) is 0 Å².